The van der Waals surface area contributed by atoms with Gasteiger partial charge in [0.25, 0.3) is 5.91 Å². The van der Waals surface area contributed by atoms with Gasteiger partial charge in [0.2, 0.25) is 0 Å². The number of aliphatic hydroxyl groups is 1. The van der Waals surface area contributed by atoms with Crippen LogP contribution in [0.3, 0.4) is 0 Å². The Labute approximate surface area is 167 Å². The van der Waals surface area contributed by atoms with E-state index in [2.05, 4.69) is 22.1 Å². The molecule has 7 nitrogen and oxygen atoms in total. The van der Waals surface area contributed by atoms with Crippen molar-refractivity contribution in [2.45, 2.75) is 43.9 Å². The van der Waals surface area contributed by atoms with Crippen molar-refractivity contribution < 1.29 is 9.90 Å². The summed E-state index contributed by atoms with van der Waals surface area (Å²) in [6.45, 7) is 2.18. The van der Waals surface area contributed by atoms with Crippen molar-refractivity contribution in [2.24, 2.45) is 13.0 Å². The van der Waals surface area contributed by atoms with Gasteiger partial charge in [-0.1, -0.05) is 6.92 Å². The number of hydrogen-bond acceptors (Lipinski definition) is 5. The van der Waals surface area contributed by atoms with Crippen molar-refractivity contribution >= 4 is 17.2 Å². The summed E-state index contributed by atoms with van der Waals surface area (Å²) in [7, 11) is 1.91. The minimum absolute atomic E-state index is 0.0187. The quantitative estimate of drug-likeness (QED) is 0.711. The second-order valence-electron chi connectivity index (χ2n) is 8.13. The van der Waals surface area contributed by atoms with Crippen LogP contribution in [0.1, 0.15) is 42.4 Å². The summed E-state index contributed by atoms with van der Waals surface area (Å²) < 4.78 is 1.89. The third-order valence-corrected chi connectivity index (χ3v) is 7.25. The van der Waals surface area contributed by atoms with Gasteiger partial charge in [-0.3, -0.25) is 9.89 Å². The van der Waals surface area contributed by atoms with Crippen LogP contribution in [0, 0.1) is 5.92 Å². The molecule has 2 N–H and O–H groups in total. The third kappa shape index (κ3) is 2.62. The number of nitrogens with zero attached hydrogens (tertiary/aromatic N) is 4. The normalized spacial score (nSPS) is 29.4. The Kier molecular flexibility index (Phi) is 3.96. The number of thiophene rings is 1. The first-order valence-corrected chi connectivity index (χ1v) is 10.4. The maximum absolute atomic E-state index is 13.4. The van der Waals surface area contributed by atoms with Crippen molar-refractivity contribution in [1.29, 1.82) is 0 Å². The Morgan fingerprint density at radius 3 is 2.96 bits per heavy atom. The van der Waals surface area contributed by atoms with Crippen LogP contribution < -0.4 is 0 Å². The van der Waals surface area contributed by atoms with Crippen molar-refractivity contribution in [3.8, 4) is 10.4 Å². The Morgan fingerprint density at radius 1 is 1.43 bits per heavy atom. The highest BCUT2D eigenvalue weighted by molar-refractivity contribution is 7.13. The Bertz CT molecular complexity index is 1010. The van der Waals surface area contributed by atoms with Crippen molar-refractivity contribution in [3.05, 3.63) is 47.6 Å². The van der Waals surface area contributed by atoms with Gasteiger partial charge in [0.05, 0.1) is 11.8 Å². The van der Waals surface area contributed by atoms with E-state index in [1.165, 1.54) is 0 Å². The fraction of sp³-hybridized carbons (Fsp3) is 0.450. The van der Waals surface area contributed by atoms with Gasteiger partial charge in [-0.25, -0.2) is 4.98 Å². The zero-order valence-corrected chi connectivity index (χ0v) is 16.7. The summed E-state index contributed by atoms with van der Waals surface area (Å²) >= 11 is 1.55. The topological polar surface area (TPSA) is 87.0 Å². The summed E-state index contributed by atoms with van der Waals surface area (Å²) in [5.74, 6) is 1.11. The number of imidazole rings is 1. The highest BCUT2D eigenvalue weighted by Crippen LogP contribution is 2.48. The number of hydrogen-bond donors (Lipinski definition) is 2. The highest BCUT2D eigenvalue weighted by atomic mass is 32.1. The number of aryl methyl sites for hydroxylation is 1. The minimum atomic E-state index is -0.980. The molecule has 0 aliphatic carbocycles. The minimum Gasteiger partial charge on any atom is -0.382 e. The number of amides is 1. The maximum atomic E-state index is 13.4. The van der Waals surface area contributed by atoms with Gasteiger partial charge in [-0.15, -0.1) is 11.3 Å². The average molecular weight is 398 g/mol. The molecule has 2 aliphatic rings. The Balaban J connectivity index is 1.43. The molecular weight excluding hydrogens is 374 g/mol. The molecule has 4 unspecified atom stereocenters. The largest absolute Gasteiger partial charge is 0.382 e. The first-order valence-electron chi connectivity index (χ1n) is 9.57. The van der Waals surface area contributed by atoms with Crippen LogP contribution in [0.5, 0.6) is 0 Å². The summed E-state index contributed by atoms with van der Waals surface area (Å²) in [5.41, 5.74) is 0.724. The third-order valence-electron chi connectivity index (χ3n) is 6.27. The van der Waals surface area contributed by atoms with Crippen molar-refractivity contribution in [1.82, 2.24) is 24.6 Å². The van der Waals surface area contributed by atoms with Crippen LogP contribution in [0.4, 0.5) is 0 Å². The number of rotatable bonds is 3. The molecule has 146 valence electrons. The molecule has 2 bridgehead atoms. The number of aromatic amines is 1. The van der Waals surface area contributed by atoms with Gasteiger partial charge >= 0.3 is 0 Å². The molecule has 1 amide bonds. The van der Waals surface area contributed by atoms with Crippen LogP contribution in [-0.4, -0.2) is 47.7 Å². The zero-order valence-electron chi connectivity index (χ0n) is 15.9. The second kappa shape index (κ2) is 6.28. The van der Waals surface area contributed by atoms with Crippen LogP contribution in [0.2, 0.25) is 0 Å². The summed E-state index contributed by atoms with van der Waals surface area (Å²) in [6, 6.07) is 1.99. The molecule has 0 radical (unpaired) electrons. The van der Waals surface area contributed by atoms with Crippen LogP contribution in [0.15, 0.2) is 36.2 Å². The zero-order chi connectivity index (χ0) is 19.5. The smallest absolute Gasteiger partial charge is 0.255 e. The summed E-state index contributed by atoms with van der Waals surface area (Å²) in [6.07, 6.45) is 9.16. The predicted molar refractivity (Wildman–Crippen MR) is 106 cm³/mol. The molecule has 2 saturated heterocycles. The van der Waals surface area contributed by atoms with E-state index in [9.17, 15) is 9.90 Å². The van der Waals surface area contributed by atoms with E-state index in [0.717, 1.165) is 16.9 Å². The standard InChI is InChI=1S/C20H23N5O2S/c1-12-5-15-7-20(27,19-21-3-4-24(19)2)8-16(12)25(15)18(26)13-6-17(28-11-13)14-9-22-23-10-14/h3-4,6,9-12,15-16,27H,5,7-8H2,1-2H3,(H,22,23). The van der Waals surface area contributed by atoms with Gasteiger partial charge in [0.15, 0.2) is 0 Å². The molecule has 2 aliphatic heterocycles. The Hall–Kier alpha value is -2.45. The molecule has 8 heteroatoms. The Morgan fingerprint density at radius 2 is 2.29 bits per heavy atom. The molecule has 5 heterocycles. The van der Waals surface area contributed by atoms with E-state index >= 15 is 0 Å². The lowest BCUT2D eigenvalue weighted by atomic mass is 9.84. The molecule has 2 fully saturated rings. The van der Waals surface area contributed by atoms with Gasteiger partial charge in [0, 0.05) is 66.4 Å². The number of carbonyl (C=O) groups excluding carboxylic acids is 1. The van der Waals surface area contributed by atoms with Crippen LogP contribution in [0.25, 0.3) is 10.4 Å². The van der Waals surface area contributed by atoms with Crippen molar-refractivity contribution in [2.75, 3.05) is 0 Å². The van der Waals surface area contributed by atoms with Crippen LogP contribution in [-0.2, 0) is 12.6 Å². The van der Waals surface area contributed by atoms with E-state index in [4.69, 9.17) is 0 Å². The summed E-state index contributed by atoms with van der Waals surface area (Å²) in [5, 5.41) is 20.1. The van der Waals surface area contributed by atoms with E-state index < -0.39 is 5.60 Å². The summed E-state index contributed by atoms with van der Waals surface area (Å²) in [4.78, 5) is 20.8. The molecule has 4 atom stereocenters. The lowest BCUT2D eigenvalue weighted by Crippen LogP contribution is -2.53. The monoisotopic (exact) mass is 397 g/mol. The van der Waals surface area contributed by atoms with Gasteiger partial charge in [0.1, 0.15) is 11.4 Å². The number of piperidine rings is 1. The van der Waals surface area contributed by atoms with Crippen LogP contribution >= 0.6 is 11.3 Å². The molecule has 3 aromatic rings. The number of aromatic nitrogens is 4. The van der Waals surface area contributed by atoms with E-state index in [1.54, 1.807) is 23.7 Å². The van der Waals surface area contributed by atoms with E-state index in [1.807, 2.05) is 40.4 Å². The lowest BCUT2D eigenvalue weighted by molar-refractivity contribution is -0.0581. The number of fused-ring (bicyclic) bond motifs is 2. The number of carbonyl (C=O) groups is 1. The molecule has 5 rings (SSSR count). The first kappa shape index (κ1) is 17.6. The number of nitrogens with one attached hydrogen (secondary N) is 1. The van der Waals surface area contributed by atoms with Gasteiger partial charge in [-0.2, -0.15) is 5.10 Å². The average Bonchev–Trinajstić information content (AvgIpc) is 3.42. The number of H-pyrrole nitrogens is 1. The van der Waals surface area contributed by atoms with Gasteiger partial charge < -0.3 is 14.6 Å². The molecule has 0 saturated carbocycles. The fourth-order valence-corrected chi connectivity index (χ4v) is 5.86. The highest BCUT2D eigenvalue weighted by Gasteiger charge is 2.54. The van der Waals surface area contributed by atoms with E-state index in [0.29, 0.717) is 30.1 Å². The van der Waals surface area contributed by atoms with Gasteiger partial charge in [-0.05, 0) is 18.4 Å². The molecule has 0 aromatic carbocycles. The first-order chi connectivity index (χ1) is 13.5. The molecule has 0 spiro atoms. The van der Waals surface area contributed by atoms with E-state index in [-0.39, 0.29) is 18.0 Å². The predicted octanol–water partition coefficient (Wildman–Crippen LogP) is 2.77. The maximum Gasteiger partial charge on any atom is 0.255 e. The molecular formula is C20H23N5O2S. The van der Waals surface area contributed by atoms with Crippen molar-refractivity contribution in [3.63, 3.8) is 0 Å². The lowest BCUT2D eigenvalue weighted by Gasteiger charge is -2.43. The molecule has 28 heavy (non-hydrogen) atoms. The molecule has 3 aromatic heterocycles. The second-order valence-corrected chi connectivity index (χ2v) is 9.05. The SMILES string of the molecule is CC1CC2CC(O)(c3nccn3C)CC1N2C(=O)c1csc(-c2cn[nH]c2)c1. The fourth-order valence-electron chi connectivity index (χ4n) is 4.99.